The minimum absolute atomic E-state index is 0.0759. The first-order chi connectivity index (χ1) is 37.5. The third-order valence-corrected chi connectivity index (χ3v) is 15.4. The topological polar surface area (TPSA) is 78.9 Å². The van der Waals surface area contributed by atoms with Crippen LogP contribution in [-0.4, -0.2) is 37.2 Å². The molecule has 0 aliphatic carbocycles. The van der Waals surface area contributed by atoms with Crippen LogP contribution in [0.4, 0.5) is 0 Å². The summed E-state index contributed by atoms with van der Waals surface area (Å²) in [6.45, 7) is 6.58. The molecule has 76 heavy (non-hydrogen) atoms. The van der Waals surface area contributed by atoms with Crippen LogP contribution in [0.3, 0.4) is 0 Å². The number of ether oxygens (including phenoxy) is 3. The Kier molecular flexibility index (Phi) is 63.1. The highest BCUT2D eigenvalue weighted by molar-refractivity contribution is 5.71. The molecule has 0 aromatic heterocycles. The number of carbonyl (C=O) groups is 3. The average molecular weight is 1070 g/mol. The number of hydrogen-bond donors (Lipinski definition) is 0. The summed E-state index contributed by atoms with van der Waals surface area (Å²) in [7, 11) is 0. The van der Waals surface area contributed by atoms with Gasteiger partial charge in [-0.1, -0.05) is 340 Å². The van der Waals surface area contributed by atoms with Gasteiger partial charge >= 0.3 is 17.9 Å². The zero-order chi connectivity index (χ0) is 55.0. The Morgan fingerprint density at radius 1 is 0.276 bits per heavy atom. The fourth-order valence-corrected chi connectivity index (χ4v) is 10.3. The number of rotatable bonds is 63. The Labute approximate surface area is 474 Å². The fourth-order valence-electron chi connectivity index (χ4n) is 10.3. The maximum atomic E-state index is 12.9. The van der Waals surface area contributed by atoms with Gasteiger partial charge in [0.1, 0.15) is 13.2 Å². The van der Waals surface area contributed by atoms with Crippen molar-refractivity contribution in [2.75, 3.05) is 13.2 Å². The molecule has 446 valence electrons. The molecule has 0 N–H and O–H groups in total. The van der Waals surface area contributed by atoms with Gasteiger partial charge in [-0.25, -0.2) is 0 Å². The standard InChI is InChI=1S/C70H130O6/c1-4-7-10-13-16-19-22-25-27-29-31-33-34-35-37-38-40-42-45-48-51-54-57-60-63-69(72)75-66-67(65-74-68(71)62-59-56-53-50-47-44-24-21-18-15-12-9-6-3)76-70(73)64-61-58-55-52-49-46-43-41-39-36-32-30-28-26-23-20-17-14-11-8-5-2/h9,12,18,21,44,47,67H,4-8,10-11,13-17,19-20,22-43,45-46,48-66H2,1-3H3/b12-9-,21-18-,47-44-. The zero-order valence-electron chi connectivity index (χ0n) is 51.3. The van der Waals surface area contributed by atoms with Crippen molar-refractivity contribution < 1.29 is 28.6 Å². The number of allylic oxidation sites excluding steroid dienone is 6. The molecule has 0 radical (unpaired) electrons. The van der Waals surface area contributed by atoms with Crippen LogP contribution in [-0.2, 0) is 28.6 Å². The molecule has 6 nitrogen and oxygen atoms in total. The molecule has 1 unspecified atom stereocenters. The van der Waals surface area contributed by atoms with E-state index < -0.39 is 6.10 Å². The van der Waals surface area contributed by atoms with Gasteiger partial charge in [-0.2, -0.15) is 0 Å². The van der Waals surface area contributed by atoms with E-state index in [2.05, 4.69) is 57.2 Å². The van der Waals surface area contributed by atoms with Gasteiger partial charge in [0.15, 0.2) is 6.10 Å². The SMILES string of the molecule is CC/C=C\C/C=C\C/C=C\CCCCCC(=O)OCC(COC(=O)CCCCCCCCCCCCCCCCCCCCCCCCCC)OC(=O)CCCCCCCCCCCCCCCCCCCCCCC. The second kappa shape index (κ2) is 65.2. The second-order valence-corrected chi connectivity index (χ2v) is 23.1. The summed E-state index contributed by atoms with van der Waals surface area (Å²) in [5.74, 6) is -0.878. The van der Waals surface area contributed by atoms with Crippen LogP contribution in [0, 0.1) is 0 Å². The third kappa shape index (κ3) is 62.5. The minimum Gasteiger partial charge on any atom is -0.462 e. The lowest BCUT2D eigenvalue weighted by molar-refractivity contribution is -0.167. The van der Waals surface area contributed by atoms with Crippen LogP contribution in [0.2, 0.25) is 0 Å². The third-order valence-electron chi connectivity index (χ3n) is 15.4. The lowest BCUT2D eigenvalue weighted by atomic mass is 10.0. The Morgan fingerprint density at radius 3 is 0.803 bits per heavy atom. The molecule has 0 saturated carbocycles. The van der Waals surface area contributed by atoms with Crippen LogP contribution in [0.25, 0.3) is 0 Å². The molecule has 0 fully saturated rings. The predicted molar refractivity (Wildman–Crippen MR) is 330 cm³/mol. The summed E-state index contributed by atoms with van der Waals surface area (Å²) in [6, 6.07) is 0. The fraction of sp³-hybridized carbons (Fsp3) is 0.871. The van der Waals surface area contributed by atoms with Gasteiger partial charge in [0.2, 0.25) is 0 Å². The highest BCUT2D eigenvalue weighted by Crippen LogP contribution is 2.19. The van der Waals surface area contributed by atoms with E-state index >= 15 is 0 Å². The van der Waals surface area contributed by atoms with Gasteiger partial charge < -0.3 is 14.2 Å². The van der Waals surface area contributed by atoms with Gasteiger partial charge in [-0.15, -0.1) is 0 Å². The smallest absolute Gasteiger partial charge is 0.306 e. The first kappa shape index (κ1) is 73.6. The molecule has 0 spiro atoms. The minimum atomic E-state index is -0.781. The van der Waals surface area contributed by atoms with Crippen molar-refractivity contribution in [3.8, 4) is 0 Å². The van der Waals surface area contributed by atoms with E-state index in [1.54, 1.807) is 0 Å². The molecule has 0 bridgehead atoms. The van der Waals surface area contributed by atoms with E-state index in [4.69, 9.17) is 14.2 Å². The number of unbranched alkanes of at least 4 members (excludes halogenated alkanes) is 46. The van der Waals surface area contributed by atoms with Crippen LogP contribution in [0.1, 0.15) is 374 Å². The quantitative estimate of drug-likeness (QED) is 0.0261. The first-order valence-corrected chi connectivity index (χ1v) is 34.0. The average Bonchev–Trinajstić information content (AvgIpc) is 3.42. The van der Waals surface area contributed by atoms with Crippen LogP contribution < -0.4 is 0 Å². The molecule has 0 aliphatic heterocycles. The summed E-state index contributed by atoms with van der Waals surface area (Å²) in [4.78, 5) is 38.3. The van der Waals surface area contributed by atoms with Gasteiger partial charge in [-0.05, 0) is 51.4 Å². The lowest BCUT2D eigenvalue weighted by Crippen LogP contribution is -2.30. The molecule has 0 amide bonds. The van der Waals surface area contributed by atoms with E-state index in [1.165, 1.54) is 250 Å². The first-order valence-electron chi connectivity index (χ1n) is 34.0. The van der Waals surface area contributed by atoms with Crippen molar-refractivity contribution in [3.05, 3.63) is 36.5 Å². The molecular weight excluding hydrogens is 937 g/mol. The Morgan fingerprint density at radius 2 is 0.513 bits per heavy atom. The lowest BCUT2D eigenvalue weighted by Gasteiger charge is -2.18. The number of hydrogen-bond acceptors (Lipinski definition) is 6. The van der Waals surface area contributed by atoms with Crippen molar-refractivity contribution in [1.82, 2.24) is 0 Å². The summed E-state index contributed by atoms with van der Waals surface area (Å²) < 4.78 is 16.9. The van der Waals surface area contributed by atoms with E-state index in [0.29, 0.717) is 19.3 Å². The largest absolute Gasteiger partial charge is 0.462 e. The Balaban J connectivity index is 4.24. The Bertz CT molecular complexity index is 1270. The van der Waals surface area contributed by atoms with Crippen molar-refractivity contribution in [3.63, 3.8) is 0 Å². The van der Waals surface area contributed by atoms with E-state index in [9.17, 15) is 14.4 Å². The second-order valence-electron chi connectivity index (χ2n) is 23.1. The molecule has 0 saturated heterocycles. The number of esters is 3. The van der Waals surface area contributed by atoms with Gasteiger partial charge in [0, 0.05) is 19.3 Å². The summed E-state index contributed by atoms with van der Waals surface area (Å²) in [5.41, 5.74) is 0. The molecule has 6 heteroatoms. The van der Waals surface area contributed by atoms with Gasteiger partial charge in [0.25, 0.3) is 0 Å². The molecule has 0 rings (SSSR count). The molecule has 0 heterocycles. The maximum absolute atomic E-state index is 12.9. The number of carbonyl (C=O) groups excluding carboxylic acids is 3. The van der Waals surface area contributed by atoms with E-state index in [1.807, 2.05) is 0 Å². The molecule has 0 aliphatic rings. The highest BCUT2D eigenvalue weighted by Gasteiger charge is 2.19. The normalized spacial score (nSPS) is 12.2. The van der Waals surface area contributed by atoms with Crippen LogP contribution in [0.5, 0.6) is 0 Å². The Hall–Kier alpha value is -2.37. The molecule has 0 aromatic rings. The van der Waals surface area contributed by atoms with E-state index in [-0.39, 0.29) is 31.1 Å². The van der Waals surface area contributed by atoms with Crippen LogP contribution >= 0.6 is 0 Å². The van der Waals surface area contributed by atoms with E-state index in [0.717, 1.165) is 83.5 Å². The summed E-state index contributed by atoms with van der Waals surface area (Å²) in [5, 5.41) is 0. The predicted octanol–water partition coefficient (Wildman–Crippen LogP) is 23.2. The zero-order valence-corrected chi connectivity index (χ0v) is 51.3. The van der Waals surface area contributed by atoms with Crippen molar-refractivity contribution in [2.45, 2.75) is 380 Å². The molecule has 1 atom stereocenters. The van der Waals surface area contributed by atoms with Crippen molar-refractivity contribution in [2.24, 2.45) is 0 Å². The summed E-state index contributed by atoms with van der Waals surface area (Å²) in [6.07, 6.45) is 80.4. The molecule has 0 aromatic carbocycles. The monoisotopic (exact) mass is 1070 g/mol. The van der Waals surface area contributed by atoms with Crippen molar-refractivity contribution >= 4 is 17.9 Å². The maximum Gasteiger partial charge on any atom is 0.306 e. The van der Waals surface area contributed by atoms with Crippen molar-refractivity contribution in [1.29, 1.82) is 0 Å². The van der Waals surface area contributed by atoms with Gasteiger partial charge in [0.05, 0.1) is 0 Å². The highest BCUT2D eigenvalue weighted by atomic mass is 16.6. The van der Waals surface area contributed by atoms with Gasteiger partial charge in [-0.3, -0.25) is 14.4 Å². The summed E-state index contributed by atoms with van der Waals surface area (Å²) >= 11 is 0. The molecular formula is C70H130O6. The van der Waals surface area contributed by atoms with Crippen LogP contribution in [0.15, 0.2) is 36.5 Å².